The Morgan fingerprint density at radius 2 is 2.00 bits per heavy atom. The summed E-state index contributed by atoms with van der Waals surface area (Å²) in [7, 11) is 2.20. The minimum atomic E-state index is 0.390. The van der Waals surface area contributed by atoms with Crippen LogP contribution in [0.15, 0.2) is 16.6 Å². The van der Waals surface area contributed by atoms with Crippen LogP contribution in [-0.4, -0.2) is 31.6 Å². The van der Waals surface area contributed by atoms with Gasteiger partial charge in [0.25, 0.3) is 0 Å². The summed E-state index contributed by atoms with van der Waals surface area (Å²) >= 11 is 3.58. The van der Waals surface area contributed by atoms with Crippen molar-refractivity contribution >= 4 is 27.3 Å². The Bertz CT molecular complexity index is 451. The summed E-state index contributed by atoms with van der Waals surface area (Å²) in [5.74, 6) is 0. The summed E-state index contributed by atoms with van der Waals surface area (Å²) in [6, 6.07) is 4.10. The summed E-state index contributed by atoms with van der Waals surface area (Å²) in [6.07, 6.45) is 2.50. The minimum absolute atomic E-state index is 0.390. The van der Waals surface area contributed by atoms with Gasteiger partial charge < -0.3 is 16.0 Å². The van der Waals surface area contributed by atoms with Gasteiger partial charge in [0, 0.05) is 22.4 Å². The molecule has 0 atom stereocenters. The van der Waals surface area contributed by atoms with Gasteiger partial charge in [0.15, 0.2) is 0 Å². The van der Waals surface area contributed by atoms with Crippen molar-refractivity contribution in [3.05, 3.63) is 22.2 Å². The van der Waals surface area contributed by atoms with Crippen molar-refractivity contribution in [2.75, 3.05) is 37.7 Å². The molecule has 0 aromatic heterocycles. The third kappa shape index (κ3) is 3.63. The van der Waals surface area contributed by atoms with Gasteiger partial charge in [-0.05, 0) is 78.9 Å². The number of likely N-dealkylation sites (tertiary alicyclic amines) is 1. The molecule has 4 heteroatoms. The maximum atomic E-state index is 5.91. The van der Waals surface area contributed by atoms with Crippen molar-refractivity contribution in [2.24, 2.45) is 5.41 Å². The second kappa shape index (κ2) is 5.71. The van der Waals surface area contributed by atoms with Gasteiger partial charge in [0.05, 0.1) is 0 Å². The number of nitrogens with two attached hydrogens (primary N) is 1. The van der Waals surface area contributed by atoms with Crippen molar-refractivity contribution in [2.45, 2.75) is 26.7 Å². The molecule has 19 heavy (non-hydrogen) atoms. The highest BCUT2D eigenvalue weighted by molar-refractivity contribution is 9.10. The summed E-state index contributed by atoms with van der Waals surface area (Å²) < 4.78 is 1.05. The van der Waals surface area contributed by atoms with Crippen molar-refractivity contribution in [3.63, 3.8) is 0 Å². The van der Waals surface area contributed by atoms with Crippen molar-refractivity contribution < 1.29 is 0 Å². The molecule has 1 aromatic rings. The van der Waals surface area contributed by atoms with Crippen LogP contribution in [0.5, 0.6) is 0 Å². The molecule has 0 aliphatic carbocycles. The van der Waals surface area contributed by atoms with Gasteiger partial charge in [-0.15, -0.1) is 0 Å². The second-order valence-corrected chi connectivity index (χ2v) is 7.01. The third-order valence-corrected chi connectivity index (χ3v) is 4.91. The minimum Gasteiger partial charge on any atom is -0.398 e. The summed E-state index contributed by atoms with van der Waals surface area (Å²) in [5, 5.41) is 3.59. The quantitative estimate of drug-likeness (QED) is 0.836. The Labute approximate surface area is 124 Å². The highest BCUT2D eigenvalue weighted by Gasteiger charge is 2.28. The molecule has 3 N–H and O–H groups in total. The molecule has 0 unspecified atom stereocenters. The highest BCUT2D eigenvalue weighted by atomic mass is 79.9. The normalized spacial score (nSPS) is 19.4. The molecule has 1 heterocycles. The van der Waals surface area contributed by atoms with Gasteiger partial charge in [-0.2, -0.15) is 0 Å². The summed E-state index contributed by atoms with van der Waals surface area (Å²) in [6.45, 7) is 7.83. The van der Waals surface area contributed by atoms with E-state index < -0.39 is 0 Å². The van der Waals surface area contributed by atoms with Crippen LogP contribution < -0.4 is 11.1 Å². The van der Waals surface area contributed by atoms with Crippen LogP contribution in [-0.2, 0) is 0 Å². The van der Waals surface area contributed by atoms with E-state index >= 15 is 0 Å². The number of rotatable bonds is 3. The Hall–Kier alpha value is -0.740. The van der Waals surface area contributed by atoms with Crippen LogP contribution >= 0.6 is 15.9 Å². The molecule has 106 valence electrons. The molecule has 1 aromatic carbocycles. The summed E-state index contributed by atoms with van der Waals surface area (Å²) in [5.41, 5.74) is 9.40. The van der Waals surface area contributed by atoms with Crippen LogP contribution in [0, 0.1) is 12.3 Å². The Morgan fingerprint density at radius 1 is 1.37 bits per heavy atom. The molecule has 1 aliphatic heterocycles. The number of nitrogen functional groups attached to an aromatic ring is 1. The lowest BCUT2D eigenvalue weighted by molar-refractivity contribution is 0.150. The molecule has 1 fully saturated rings. The van der Waals surface area contributed by atoms with Crippen molar-refractivity contribution in [1.82, 2.24) is 4.90 Å². The summed E-state index contributed by atoms with van der Waals surface area (Å²) in [4.78, 5) is 2.41. The predicted molar refractivity (Wildman–Crippen MR) is 86.6 cm³/mol. The molecule has 0 bridgehead atoms. The highest BCUT2D eigenvalue weighted by Crippen LogP contribution is 2.33. The standard InChI is InChI=1S/C15H24BrN3/c1-11-8-14(12(16)9-13(11)17)18-10-15(2)4-6-19(3)7-5-15/h8-9,18H,4-7,10,17H2,1-3H3. The largest absolute Gasteiger partial charge is 0.398 e. The first-order valence-corrected chi connectivity index (χ1v) is 7.67. The maximum absolute atomic E-state index is 5.91. The molecule has 1 aliphatic rings. The Kier molecular flexibility index (Phi) is 4.41. The van der Waals surface area contributed by atoms with Gasteiger partial charge in [-0.3, -0.25) is 0 Å². The fraction of sp³-hybridized carbons (Fsp3) is 0.600. The third-order valence-electron chi connectivity index (χ3n) is 4.26. The zero-order valence-electron chi connectivity index (χ0n) is 12.1. The first-order valence-electron chi connectivity index (χ1n) is 6.88. The molecule has 2 rings (SSSR count). The number of aryl methyl sites for hydroxylation is 1. The average molecular weight is 326 g/mol. The maximum Gasteiger partial charge on any atom is 0.0489 e. The molecule has 0 amide bonds. The smallest absolute Gasteiger partial charge is 0.0489 e. The lowest BCUT2D eigenvalue weighted by atomic mass is 9.80. The topological polar surface area (TPSA) is 41.3 Å². The molecule has 0 radical (unpaired) electrons. The second-order valence-electron chi connectivity index (χ2n) is 6.16. The van der Waals surface area contributed by atoms with Crippen LogP contribution in [0.3, 0.4) is 0 Å². The SMILES string of the molecule is Cc1cc(NCC2(C)CCN(C)CC2)c(Br)cc1N. The number of anilines is 2. The van der Waals surface area contributed by atoms with E-state index in [0.717, 1.165) is 28.0 Å². The fourth-order valence-electron chi connectivity index (χ4n) is 2.48. The van der Waals surface area contributed by atoms with E-state index in [9.17, 15) is 0 Å². The fourth-order valence-corrected chi connectivity index (χ4v) is 2.98. The lowest BCUT2D eigenvalue weighted by Crippen LogP contribution is -2.40. The van der Waals surface area contributed by atoms with E-state index in [4.69, 9.17) is 5.73 Å². The van der Waals surface area contributed by atoms with E-state index in [0.29, 0.717) is 5.41 Å². The average Bonchev–Trinajstić information content (AvgIpc) is 2.36. The first-order chi connectivity index (χ1) is 8.89. The number of piperidine rings is 1. The van der Waals surface area contributed by atoms with Gasteiger partial charge in [0.1, 0.15) is 0 Å². The molecular weight excluding hydrogens is 302 g/mol. The van der Waals surface area contributed by atoms with E-state index in [-0.39, 0.29) is 0 Å². The number of halogens is 1. The molecule has 0 spiro atoms. The number of benzene rings is 1. The van der Waals surface area contributed by atoms with E-state index in [1.54, 1.807) is 0 Å². The van der Waals surface area contributed by atoms with Gasteiger partial charge in [-0.25, -0.2) is 0 Å². The number of nitrogens with zero attached hydrogens (tertiary/aromatic N) is 1. The van der Waals surface area contributed by atoms with Gasteiger partial charge >= 0.3 is 0 Å². The van der Waals surface area contributed by atoms with Gasteiger partial charge in [0.2, 0.25) is 0 Å². The van der Waals surface area contributed by atoms with Crippen molar-refractivity contribution in [1.29, 1.82) is 0 Å². The van der Waals surface area contributed by atoms with Crippen molar-refractivity contribution in [3.8, 4) is 0 Å². The number of nitrogens with one attached hydrogen (secondary N) is 1. The number of hydrogen-bond acceptors (Lipinski definition) is 3. The van der Waals surface area contributed by atoms with Gasteiger partial charge in [-0.1, -0.05) is 6.92 Å². The number of hydrogen-bond donors (Lipinski definition) is 2. The Morgan fingerprint density at radius 3 is 2.63 bits per heavy atom. The monoisotopic (exact) mass is 325 g/mol. The molecule has 1 saturated heterocycles. The predicted octanol–water partition coefficient (Wildman–Crippen LogP) is 3.48. The van der Waals surface area contributed by atoms with Crippen LogP contribution in [0.25, 0.3) is 0 Å². The molecular formula is C15H24BrN3. The molecule has 0 saturated carbocycles. The zero-order valence-corrected chi connectivity index (χ0v) is 13.7. The van der Waals surface area contributed by atoms with Crippen LogP contribution in [0.2, 0.25) is 0 Å². The van der Waals surface area contributed by atoms with E-state index in [2.05, 4.69) is 46.2 Å². The van der Waals surface area contributed by atoms with Crippen LogP contribution in [0.4, 0.5) is 11.4 Å². The Balaban J connectivity index is 2.01. The van der Waals surface area contributed by atoms with E-state index in [1.165, 1.54) is 25.9 Å². The van der Waals surface area contributed by atoms with E-state index in [1.807, 2.05) is 13.0 Å². The first kappa shape index (κ1) is 14.7. The lowest BCUT2D eigenvalue weighted by Gasteiger charge is -2.38. The van der Waals surface area contributed by atoms with Crippen LogP contribution in [0.1, 0.15) is 25.3 Å². The zero-order chi connectivity index (χ0) is 14.0. The molecule has 3 nitrogen and oxygen atoms in total.